The fourth-order valence-corrected chi connectivity index (χ4v) is 4.87. The van der Waals surface area contributed by atoms with Crippen LogP contribution in [0.4, 0.5) is 11.4 Å². The fourth-order valence-electron chi connectivity index (χ4n) is 4.87. The van der Waals surface area contributed by atoms with E-state index in [1.54, 1.807) is 0 Å². The second kappa shape index (κ2) is 11.8. The molecule has 8 nitrogen and oxygen atoms in total. The molecule has 2 aromatic carbocycles. The Morgan fingerprint density at radius 1 is 1.18 bits per heavy atom. The molecule has 1 fully saturated rings. The molecule has 8 heteroatoms. The molecule has 0 aromatic heterocycles. The van der Waals surface area contributed by atoms with Crippen LogP contribution in [0.1, 0.15) is 51.2 Å². The minimum Gasteiger partial charge on any atom is -0.508 e. The number of hydrogen-bond donors (Lipinski definition) is 3. The number of carbonyl (C=O) groups is 1. The van der Waals surface area contributed by atoms with Crippen molar-refractivity contribution in [1.82, 2.24) is 5.32 Å². The first-order chi connectivity index (χ1) is 16.2. The Morgan fingerprint density at radius 3 is 2.59 bits per heavy atom. The molecule has 3 unspecified atom stereocenters. The van der Waals surface area contributed by atoms with Crippen molar-refractivity contribution in [3.8, 4) is 5.75 Å². The largest absolute Gasteiger partial charge is 0.508 e. The van der Waals surface area contributed by atoms with Gasteiger partial charge < -0.3 is 20.5 Å². The van der Waals surface area contributed by atoms with Gasteiger partial charge in [0.05, 0.1) is 11.0 Å². The van der Waals surface area contributed by atoms with E-state index in [1.165, 1.54) is 24.6 Å². The molecule has 1 aliphatic carbocycles. The summed E-state index contributed by atoms with van der Waals surface area (Å²) in [6, 6.07) is 11.5. The molecule has 2 aromatic rings. The molecule has 1 amide bonds. The Morgan fingerprint density at radius 2 is 1.91 bits per heavy atom. The number of ether oxygens (including phenoxy) is 1. The maximum atomic E-state index is 12.3. The van der Waals surface area contributed by atoms with Gasteiger partial charge >= 0.3 is 0 Å². The average molecular weight is 470 g/mol. The Bertz CT molecular complexity index is 977. The van der Waals surface area contributed by atoms with Crippen molar-refractivity contribution in [2.45, 2.75) is 59.2 Å². The molecule has 1 saturated carbocycles. The number of anilines is 1. The van der Waals surface area contributed by atoms with Crippen LogP contribution in [0.3, 0.4) is 0 Å². The summed E-state index contributed by atoms with van der Waals surface area (Å²) in [7, 11) is 0. The molecular weight excluding hydrogens is 434 g/mol. The highest BCUT2D eigenvalue weighted by molar-refractivity contribution is 5.77. The zero-order chi connectivity index (χ0) is 24.7. The van der Waals surface area contributed by atoms with Crippen molar-refractivity contribution in [2.75, 3.05) is 11.9 Å². The maximum Gasteiger partial charge on any atom is 0.270 e. The second-order valence-electron chi connectivity index (χ2n) is 9.48. The van der Waals surface area contributed by atoms with Gasteiger partial charge in [0.25, 0.3) is 5.69 Å². The lowest BCUT2D eigenvalue weighted by Gasteiger charge is -2.38. The zero-order valence-corrected chi connectivity index (χ0v) is 20.1. The number of hydrogen-bond acceptors (Lipinski definition) is 6. The van der Waals surface area contributed by atoms with E-state index in [0.717, 1.165) is 24.1 Å². The predicted molar refractivity (Wildman–Crippen MR) is 131 cm³/mol. The number of nitro benzene ring substituents is 1. The summed E-state index contributed by atoms with van der Waals surface area (Å²) < 4.78 is 6.02. The maximum absolute atomic E-state index is 12.3. The first-order valence-corrected chi connectivity index (χ1v) is 11.9. The molecular formula is C26H35N3O5. The number of phenolic OH excluding ortho intramolecular Hbond substituents is 1. The van der Waals surface area contributed by atoms with Gasteiger partial charge in [-0.3, -0.25) is 14.9 Å². The summed E-state index contributed by atoms with van der Waals surface area (Å²) in [4.78, 5) is 22.8. The number of nitrogens with one attached hydrogen (secondary N) is 2. The van der Waals surface area contributed by atoms with Crippen molar-refractivity contribution < 1.29 is 19.6 Å². The fraction of sp³-hybridized carbons (Fsp3) is 0.500. The molecule has 0 bridgehead atoms. The molecule has 0 radical (unpaired) electrons. The standard InChI is InChI=1S/C26H35N3O5/c1-17(2)26-18(3)5-4-6-24(26)34-16-25(31)28-14-19-7-9-21(10-8-19)27-15-20-13-22(29(32)33)11-12-23(20)30/h7-13,17-18,24,26-27,30H,4-6,14-16H2,1-3H3,(H,28,31). The highest BCUT2D eigenvalue weighted by atomic mass is 16.6. The van der Waals surface area contributed by atoms with Crippen LogP contribution >= 0.6 is 0 Å². The van der Waals surface area contributed by atoms with Gasteiger partial charge in [-0.15, -0.1) is 0 Å². The number of non-ortho nitro benzene ring substituents is 1. The first-order valence-electron chi connectivity index (χ1n) is 11.9. The van der Waals surface area contributed by atoms with Crippen molar-refractivity contribution in [2.24, 2.45) is 17.8 Å². The van der Waals surface area contributed by atoms with Gasteiger partial charge in [-0.1, -0.05) is 45.7 Å². The van der Waals surface area contributed by atoms with Crippen molar-refractivity contribution in [3.05, 3.63) is 63.7 Å². The van der Waals surface area contributed by atoms with E-state index >= 15 is 0 Å². The molecule has 184 valence electrons. The van der Waals surface area contributed by atoms with Gasteiger partial charge in [-0.25, -0.2) is 0 Å². The van der Waals surface area contributed by atoms with Crippen LogP contribution in [0.15, 0.2) is 42.5 Å². The minimum atomic E-state index is -0.491. The van der Waals surface area contributed by atoms with Crippen LogP contribution in [0.25, 0.3) is 0 Å². The lowest BCUT2D eigenvalue weighted by Crippen LogP contribution is -2.39. The number of amides is 1. The quantitative estimate of drug-likeness (QED) is 0.333. The summed E-state index contributed by atoms with van der Waals surface area (Å²) >= 11 is 0. The van der Waals surface area contributed by atoms with E-state index < -0.39 is 4.92 Å². The molecule has 3 N–H and O–H groups in total. The van der Waals surface area contributed by atoms with Gasteiger partial charge in [-0.05, 0) is 47.9 Å². The Hall–Kier alpha value is -3.13. The normalized spacial score (nSPS) is 20.2. The summed E-state index contributed by atoms with van der Waals surface area (Å²) in [6.07, 6.45) is 3.54. The van der Waals surface area contributed by atoms with E-state index in [4.69, 9.17) is 4.74 Å². The van der Waals surface area contributed by atoms with Crippen LogP contribution in [0.5, 0.6) is 5.75 Å². The molecule has 34 heavy (non-hydrogen) atoms. The SMILES string of the molecule is CC(C)C1C(C)CCCC1OCC(=O)NCc1ccc(NCc2cc([N+](=O)[O-])ccc2O)cc1. The number of aromatic hydroxyl groups is 1. The Kier molecular flexibility index (Phi) is 8.87. The van der Waals surface area contributed by atoms with Gasteiger partial charge in [0.1, 0.15) is 12.4 Å². The lowest BCUT2D eigenvalue weighted by molar-refractivity contribution is -0.384. The summed E-state index contributed by atoms with van der Waals surface area (Å²) in [5.41, 5.74) is 2.12. The predicted octanol–water partition coefficient (Wildman–Crippen LogP) is 5.01. The topological polar surface area (TPSA) is 114 Å². The van der Waals surface area contributed by atoms with E-state index in [-0.39, 0.29) is 36.6 Å². The van der Waals surface area contributed by atoms with Crippen LogP contribution < -0.4 is 10.6 Å². The highest BCUT2D eigenvalue weighted by Gasteiger charge is 2.33. The Labute approximate surface area is 200 Å². The zero-order valence-electron chi connectivity index (χ0n) is 20.1. The van der Waals surface area contributed by atoms with Crippen LogP contribution in [0, 0.1) is 27.9 Å². The smallest absolute Gasteiger partial charge is 0.270 e. The first kappa shape index (κ1) is 25.5. The summed E-state index contributed by atoms with van der Waals surface area (Å²) in [6.45, 7) is 7.47. The van der Waals surface area contributed by atoms with Crippen LogP contribution in [-0.4, -0.2) is 28.6 Å². The van der Waals surface area contributed by atoms with E-state index in [1.807, 2.05) is 24.3 Å². The van der Waals surface area contributed by atoms with Gasteiger partial charge in [-0.2, -0.15) is 0 Å². The lowest BCUT2D eigenvalue weighted by atomic mass is 9.72. The number of carbonyl (C=O) groups excluding carboxylic acids is 1. The number of rotatable bonds is 10. The van der Waals surface area contributed by atoms with Gasteiger partial charge in [0.15, 0.2) is 0 Å². The third-order valence-corrected chi connectivity index (χ3v) is 6.63. The molecule has 0 heterocycles. The monoisotopic (exact) mass is 469 g/mol. The van der Waals surface area contributed by atoms with Crippen LogP contribution in [-0.2, 0) is 22.6 Å². The molecule has 3 atom stereocenters. The van der Waals surface area contributed by atoms with Gasteiger partial charge in [0, 0.05) is 36.5 Å². The highest BCUT2D eigenvalue weighted by Crippen LogP contribution is 2.36. The number of nitrogens with zero attached hydrogens (tertiary/aromatic N) is 1. The number of nitro groups is 1. The number of benzene rings is 2. The number of phenols is 1. The average Bonchev–Trinajstić information content (AvgIpc) is 2.81. The van der Waals surface area contributed by atoms with Crippen molar-refractivity contribution >= 4 is 17.3 Å². The Balaban J connectivity index is 1.44. The molecule has 1 aliphatic rings. The van der Waals surface area contributed by atoms with Crippen molar-refractivity contribution in [1.29, 1.82) is 0 Å². The van der Waals surface area contributed by atoms with Crippen molar-refractivity contribution in [3.63, 3.8) is 0 Å². The summed E-state index contributed by atoms with van der Waals surface area (Å²) in [5.74, 6) is 1.53. The molecule has 3 rings (SSSR count). The third-order valence-electron chi connectivity index (χ3n) is 6.63. The van der Waals surface area contributed by atoms with E-state index in [2.05, 4.69) is 31.4 Å². The van der Waals surface area contributed by atoms with E-state index in [9.17, 15) is 20.0 Å². The minimum absolute atomic E-state index is 0.00190. The molecule has 0 spiro atoms. The van der Waals surface area contributed by atoms with Crippen LogP contribution in [0.2, 0.25) is 0 Å². The third kappa shape index (κ3) is 6.93. The van der Waals surface area contributed by atoms with E-state index in [0.29, 0.717) is 29.9 Å². The summed E-state index contributed by atoms with van der Waals surface area (Å²) in [5, 5.41) is 26.9. The van der Waals surface area contributed by atoms with Gasteiger partial charge in [0.2, 0.25) is 5.91 Å². The molecule has 0 saturated heterocycles. The molecule has 0 aliphatic heterocycles. The second-order valence-corrected chi connectivity index (χ2v) is 9.48.